The van der Waals surface area contributed by atoms with Crippen molar-refractivity contribution >= 4 is 29.2 Å². The summed E-state index contributed by atoms with van der Waals surface area (Å²) in [6, 6.07) is 4.47. The third-order valence-corrected chi connectivity index (χ3v) is 4.59. The molecule has 1 N–H and O–H groups in total. The van der Waals surface area contributed by atoms with Crippen molar-refractivity contribution in [1.29, 1.82) is 0 Å². The lowest BCUT2D eigenvalue weighted by molar-refractivity contribution is 0.251. The van der Waals surface area contributed by atoms with Crippen molar-refractivity contribution in [2.45, 2.75) is 19.0 Å². The molecule has 2 rings (SSSR count). The maximum atomic E-state index is 6.18. The van der Waals surface area contributed by atoms with Gasteiger partial charge in [0.2, 0.25) is 0 Å². The van der Waals surface area contributed by atoms with E-state index in [0.29, 0.717) is 6.04 Å². The highest BCUT2D eigenvalue weighted by atomic mass is 35.5. The monoisotopic (exact) mass is 271 g/mol. The van der Waals surface area contributed by atoms with Crippen LogP contribution in [0.25, 0.3) is 0 Å². The van der Waals surface area contributed by atoms with Gasteiger partial charge in [-0.15, -0.1) is 0 Å². The van der Waals surface area contributed by atoms with Crippen LogP contribution < -0.4 is 5.32 Å². The molecule has 0 spiro atoms. The Hall–Kier alpha value is -0.450. The number of hydrogen-bond donors (Lipinski definition) is 1. The van der Waals surface area contributed by atoms with Crippen LogP contribution in [0, 0.1) is 0 Å². The van der Waals surface area contributed by atoms with Gasteiger partial charge < -0.3 is 5.32 Å². The minimum absolute atomic E-state index is 0.663. The minimum atomic E-state index is 0.663. The van der Waals surface area contributed by atoms with E-state index in [9.17, 15) is 0 Å². The first kappa shape index (κ1) is 13.0. The summed E-state index contributed by atoms with van der Waals surface area (Å²) in [6.07, 6.45) is 1.27. The zero-order valence-electron chi connectivity index (χ0n) is 10.2. The van der Waals surface area contributed by atoms with Gasteiger partial charge in [0.25, 0.3) is 0 Å². The average Bonchev–Trinajstić information content (AvgIpc) is 2.85. The summed E-state index contributed by atoms with van der Waals surface area (Å²) >= 11 is 8.21. The van der Waals surface area contributed by atoms with E-state index in [-0.39, 0.29) is 0 Å². The SMILES string of the molecule is CNc1ccc(Cl)c(CN(C)C2CCSC2)n1. The quantitative estimate of drug-likeness (QED) is 0.912. The molecule has 1 aromatic rings. The van der Waals surface area contributed by atoms with E-state index in [1.165, 1.54) is 17.9 Å². The second-order valence-corrected chi connectivity index (χ2v) is 5.86. The predicted octanol–water partition coefficient (Wildman–Crippen LogP) is 2.71. The molecular weight excluding hydrogens is 254 g/mol. The fourth-order valence-corrected chi connectivity index (χ4v) is 3.43. The van der Waals surface area contributed by atoms with Gasteiger partial charge >= 0.3 is 0 Å². The first-order valence-electron chi connectivity index (χ1n) is 5.82. The van der Waals surface area contributed by atoms with Crippen LogP contribution in [-0.2, 0) is 6.54 Å². The van der Waals surface area contributed by atoms with Crippen LogP contribution >= 0.6 is 23.4 Å². The van der Waals surface area contributed by atoms with E-state index in [2.05, 4.69) is 22.2 Å². The molecule has 1 aliphatic heterocycles. The average molecular weight is 272 g/mol. The van der Waals surface area contributed by atoms with Gasteiger partial charge in [-0.2, -0.15) is 11.8 Å². The van der Waals surface area contributed by atoms with Gasteiger partial charge in [0.15, 0.2) is 0 Å². The van der Waals surface area contributed by atoms with Crippen molar-refractivity contribution in [1.82, 2.24) is 9.88 Å². The molecular formula is C12H18ClN3S. The van der Waals surface area contributed by atoms with E-state index in [0.717, 1.165) is 23.1 Å². The molecule has 94 valence electrons. The van der Waals surface area contributed by atoms with Gasteiger partial charge in [0.1, 0.15) is 5.82 Å². The number of rotatable bonds is 4. The fraction of sp³-hybridized carbons (Fsp3) is 0.583. The number of halogens is 1. The second-order valence-electron chi connectivity index (χ2n) is 4.31. The first-order chi connectivity index (χ1) is 8.20. The molecule has 1 saturated heterocycles. The maximum Gasteiger partial charge on any atom is 0.126 e. The third-order valence-electron chi connectivity index (χ3n) is 3.10. The number of anilines is 1. The van der Waals surface area contributed by atoms with Gasteiger partial charge in [-0.3, -0.25) is 4.90 Å². The standard InChI is InChI=1S/C12H18ClN3S/c1-14-12-4-3-10(13)11(15-12)7-16(2)9-5-6-17-8-9/h3-4,9H,5-8H2,1-2H3,(H,14,15). The van der Waals surface area contributed by atoms with Crippen LogP contribution in [0.3, 0.4) is 0 Å². The van der Waals surface area contributed by atoms with E-state index in [1.54, 1.807) is 0 Å². The van der Waals surface area contributed by atoms with Crippen LogP contribution in [-0.4, -0.2) is 41.5 Å². The zero-order valence-corrected chi connectivity index (χ0v) is 11.8. The van der Waals surface area contributed by atoms with Gasteiger partial charge in [-0.1, -0.05) is 11.6 Å². The smallest absolute Gasteiger partial charge is 0.126 e. The van der Waals surface area contributed by atoms with E-state index in [4.69, 9.17) is 11.6 Å². The normalized spacial score (nSPS) is 19.9. The van der Waals surface area contributed by atoms with Crippen molar-refractivity contribution in [2.75, 3.05) is 30.9 Å². The summed E-state index contributed by atoms with van der Waals surface area (Å²) in [5, 5.41) is 3.80. The van der Waals surface area contributed by atoms with Gasteiger partial charge in [-0.05, 0) is 31.4 Å². The van der Waals surface area contributed by atoms with E-state index in [1.807, 2.05) is 30.9 Å². The van der Waals surface area contributed by atoms with Crippen molar-refractivity contribution in [3.63, 3.8) is 0 Å². The molecule has 5 heteroatoms. The van der Waals surface area contributed by atoms with Crippen molar-refractivity contribution in [3.05, 3.63) is 22.8 Å². The molecule has 2 heterocycles. The van der Waals surface area contributed by atoms with Crippen LogP contribution in [0.15, 0.2) is 12.1 Å². The lowest BCUT2D eigenvalue weighted by Crippen LogP contribution is -2.31. The molecule has 0 saturated carbocycles. The van der Waals surface area contributed by atoms with Crippen molar-refractivity contribution < 1.29 is 0 Å². The molecule has 1 atom stereocenters. The van der Waals surface area contributed by atoms with Gasteiger partial charge in [0.05, 0.1) is 10.7 Å². The molecule has 17 heavy (non-hydrogen) atoms. The Morgan fingerprint density at radius 2 is 2.41 bits per heavy atom. The van der Waals surface area contributed by atoms with Gasteiger partial charge in [-0.25, -0.2) is 4.98 Å². The minimum Gasteiger partial charge on any atom is -0.373 e. The summed E-state index contributed by atoms with van der Waals surface area (Å²) in [5.74, 6) is 3.37. The summed E-state index contributed by atoms with van der Waals surface area (Å²) in [6.45, 7) is 0.819. The molecule has 0 aliphatic carbocycles. The van der Waals surface area contributed by atoms with Crippen LogP contribution in [0.4, 0.5) is 5.82 Å². The molecule has 3 nitrogen and oxygen atoms in total. The lowest BCUT2D eigenvalue weighted by Gasteiger charge is -2.23. The highest BCUT2D eigenvalue weighted by Crippen LogP contribution is 2.24. The Balaban J connectivity index is 2.06. The Morgan fingerprint density at radius 1 is 1.59 bits per heavy atom. The molecule has 0 aromatic carbocycles. The lowest BCUT2D eigenvalue weighted by atomic mass is 10.2. The molecule has 0 radical (unpaired) electrons. The van der Waals surface area contributed by atoms with E-state index >= 15 is 0 Å². The molecule has 1 fully saturated rings. The molecule has 1 aromatic heterocycles. The summed E-state index contributed by atoms with van der Waals surface area (Å²) < 4.78 is 0. The number of nitrogens with one attached hydrogen (secondary N) is 1. The number of aromatic nitrogens is 1. The Kier molecular flexibility index (Phi) is 4.54. The zero-order chi connectivity index (χ0) is 12.3. The van der Waals surface area contributed by atoms with Crippen LogP contribution in [0.1, 0.15) is 12.1 Å². The Bertz CT molecular complexity index is 380. The second kappa shape index (κ2) is 5.94. The molecule has 1 aliphatic rings. The van der Waals surface area contributed by atoms with Crippen molar-refractivity contribution in [2.24, 2.45) is 0 Å². The highest BCUT2D eigenvalue weighted by Gasteiger charge is 2.21. The molecule has 1 unspecified atom stereocenters. The molecule has 0 amide bonds. The fourth-order valence-electron chi connectivity index (χ4n) is 1.97. The van der Waals surface area contributed by atoms with E-state index < -0.39 is 0 Å². The summed E-state index contributed by atoms with van der Waals surface area (Å²) in [5.41, 5.74) is 0.956. The maximum absolute atomic E-state index is 6.18. The molecule has 0 bridgehead atoms. The van der Waals surface area contributed by atoms with Crippen LogP contribution in [0.2, 0.25) is 5.02 Å². The van der Waals surface area contributed by atoms with Gasteiger partial charge in [0, 0.05) is 25.4 Å². The Morgan fingerprint density at radius 3 is 3.06 bits per heavy atom. The first-order valence-corrected chi connectivity index (χ1v) is 7.35. The van der Waals surface area contributed by atoms with Crippen LogP contribution in [0.5, 0.6) is 0 Å². The topological polar surface area (TPSA) is 28.2 Å². The predicted molar refractivity (Wildman–Crippen MR) is 76.0 cm³/mol. The summed E-state index contributed by atoms with van der Waals surface area (Å²) in [4.78, 5) is 6.87. The largest absolute Gasteiger partial charge is 0.373 e. The number of nitrogens with zero attached hydrogens (tertiary/aromatic N) is 2. The highest BCUT2D eigenvalue weighted by molar-refractivity contribution is 7.99. The number of pyridine rings is 1. The third kappa shape index (κ3) is 3.27. The van der Waals surface area contributed by atoms with Crippen molar-refractivity contribution in [3.8, 4) is 0 Å². The number of thioether (sulfide) groups is 1. The number of hydrogen-bond acceptors (Lipinski definition) is 4. The summed E-state index contributed by atoms with van der Waals surface area (Å²) in [7, 11) is 4.03. The Labute approximate surface area is 112 Å².